The van der Waals surface area contributed by atoms with Crippen LogP contribution >= 0.6 is 0 Å². The molecular formula is C27H39FN2O2. The van der Waals surface area contributed by atoms with Gasteiger partial charge in [-0.1, -0.05) is 56.4 Å². The van der Waals surface area contributed by atoms with Gasteiger partial charge in [0.15, 0.2) is 0 Å². The number of carbonyl (C=O) groups is 1. The number of nitrogens with zero attached hydrogens (tertiary/aromatic N) is 1. The van der Waals surface area contributed by atoms with Crippen LogP contribution in [0.5, 0.6) is 0 Å². The minimum absolute atomic E-state index is 0.178. The molecule has 0 saturated carbocycles. The van der Waals surface area contributed by atoms with Crippen molar-refractivity contribution >= 4 is 6.41 Å². The van der Waals surface area contributed by atoms with Gasteiger partial charge in [0, 0.05) is 20.3 Å². The summed E-state index contributed by atoms with van der Waals surface area (Å²) in [5.74, 6) is 3.25. The molecule has 5 heteroatoms. The van der Waals surface area contributed by atoms with Gasteiger partial charge < -0.3 is 10.1 Å². The third-order valence-electron chi connectivity index (χ3n) is 5.07. The summed E-state index contributed by atoms with van der Waals surface area (Å²) in [5, 5.41) is 2.62. The van der Waals surface area contributed by atoms with E-state index in [9.17, 15) is 9.18 Å². The monoisotopic (exact) mass is 442 g/mol. The Balaban J connectivity index is 0.000000469. The summed E-state index contributed by atoms with van der Waals surface area (Å²) in [6, 6.07) is 7.94. The van der Waals surface area contributed by atoms with E-state index in [0.717, 1.165) is 50.6 Å². The van der Waals surface area contributed by atoms with E-state index in [1.54, 1.807) is 25.3 Å². The number of likely N-dealkylation sites (tertiary alicyclic amines) is 1. The molecule has 2 rings (SSSR count). The summed E-state index contributed by atoms with van der Waals surface area (Å²) in [4.78, 5) is 12.3. The second kappa shape index (κ2) is 20.2. The van der Waals surface area contributed by atoms with Gasteiger partial charge in [0.05, 0.1) is 6.54 Å². The number of halogens is 1. The van der Waals surface area contributed by atoms with Gasteiger partial charge in [0.1, 0.15) is 5.82 Å². The Hall–Kier alpha value is -2.68. The van der Waals surface area contributed by atoms with Crippen molar-refractivity contribution in [3.05, 3.63) is 72.6 Å². The fourth-order valence-electron chi connectivity index (χ4n) is 3.25. The lowest BCUT2D eigenvalue weighted by atomic mass is 9.98. The van der Waals surface area contributed by atoms with E-state index < -0.39 is 0 Å². The summed E-state index contributed by atoms with van der Waals surface area (Å²) < 4.78 is 17.0. The largest absolute Gasteiger partial charge is 0.384 e. The van der Waals surface area contributed by atoms with Crippen molar-refractivity contribution in [2.45, 2.75) is 32.6 Å². The lowest BCUT2D eigenvalue weighted by molar-refractivity contribution is -0.109. The molecular weight excluding hydrogens is 403 g/mol. The average Bonchev–Trinajstić information content (AvgIpc) is 2.82. The predicted octanol–water partition coefficient (Wildman–Crippen LogP) is 5.00. The third-order valence-corrected chi connectivity index (χ3v) is 5.07. The SMILES string of the molecule is C#CCN1CCC(COC)CC1.C=C/C(CC)=C(\C=C)CCNC=O.Fc1ccccc1. The molecule has 0 aliphatic carbocycles. The molecule has 0 aromatic heterocycles. The van der Waals surface area contributed by atoms with E-state index in [4.69, 9.17) is 11.2 Å². The number of benzene rings is 1. The van der Waals surface area contributed by atoms with Gasteiger partial charge in [0.25, 0.3) is 0 Å². The Labute approximate surface area is 194 Å². The van der Waals surface area contributed by atoms with Crippen LogP contribution in [-0.4, -0.2) is 51.2 Å². The van der Waals surface area contributed by atoms with Crippen LogP contribution in [-0.2, 0) is 9.53 Å². The summed E-state index contributed by atoms with van der Waals surface area (Å²) in [6.07, 6.45) is 13.8. The first kappa shape index (κ1) is 29.3. The number of hydrogen-bond donors (Lipinski definition) is 1. The van der Waals surface area contributed by atoms with Crippen molar-refractivity contribution in [3.8, 4) is 12.3 Å². The van der Waals surface area contributed by atoms with E-state index in [1.807, 2.05) is 12.2 Å². The first-order valence-electron chi connectivity index (χ1n) is 11.0. The number of ether oxygens (including phenoxy) is 1. The first-order chi connectivity index (χ1) is 15.6. The molecule has 176 valence electrons. The third kappa shape index (κ3) is 14.3. The quantitative estimate of drug-likeness (QED) is 0.240. The van der Waals surface area contributed by atoms with Gasteiger partial charge in [0.2, 0.25) is 6.41 Å². The van der Waals surface area contributed by atoms with Gasteiger partial charge in [-0.05, 0) is 68.0 Å². The maximum atomic E-state index is 11.9. The zero-order valence-electron chi connectivity index (χ0n) is 19.7. The molecule has 0 atom stereocenters. The maximum absolute atomic E-state index is 11.9. The molecule has 1 fully saturated rings. The van der Waals surface area contributed by atoms with Crippen LogP contribution in [0.2, 0.25) is 0 Å². The molecule has 0 spiro atoms. The highest BCUT2D eigenvalue weighted by Gasteiger charge is 2.17. The molecule has 0 unspecified atom stereocenters. The van der Waals surface area contributed by atoms with Crippen molar-refractivity contribution in [2.75, 3.05) is 39.9 Å². The molecule has 4 nitrogen and oxygen atoms in total. The smallest absolute Gasteiger partial charge is 0.207 e. The topological polar surface area (TPSA) is 41.6 Å². The van der Waals surface area contributed by atoms with Gasteiger partial charge >= 0.3 is 0 Å². The minimum Gasteiger partial charge on any atom is -0.384 e. The molecule has 1 heterocycles. The number of terminal acetylenes is 1. The van der Waals surface area contributed by atoms with Crippen LogP contribution in [0.1, 0.15) is 32.6 Å². The predicted molar refractivity (Wildman–Crippen MR) is 133 cm³/mol. The molecule has 32 heavy (non-hydrogen) atoms. The van der Waals surface area contributed by atoms with E-state index in [2.05, 4.69) is 36.2 Å². The highest BCUT2D eigenvalue weighted by Crippen LogP contribution is 2.16. The highest BCUT2D eigenvalue weighted by atomic mass is 19.1. The van der Waals surface area contributed by atoms with E-state index in [0.29, 0.717) is 13.0 Å². The van der Waals surface area contributed by atoms with Crippen LogP contribution in [0.15, 0.2) is 66.8 Å². The van der Waals surface area contributed by atoms with Crippen molar-refractivity contribution < 1.29 is 13.9 Å². The van der Waals surface area contributed by atoms with Crippen LogP contribution in [0, 0.1) is 24.1 Å². The molecule has 1 aromatic rings. The molecule has 1 saturated heterocycles. The fraction of sp³-hybridized carbons (Fsp3) is 0.444. The zero-order valence-corrected chi connectivity index (χ0v) is 19.7. The molecule has 1 aliphatic heterocycles. The maximum Gasteiger partial charge on any atom is 0.207 e. The van der Waals surface area contributed by atoms with Crippen molar-refractivity contribution in [3.63, 3.8) is 0 Å². The van der Waals surface area contributed by atoms with Crippen molar-refractivity contribution in [1.29, 1.82) is 0 Å². The van der Waals surface area contributed by atoms with Gasteiger partial charge in [-0.15, -0.1) is 6.42 Å². The molecule has 1 amide bonds. The zero-order chi connectivity index (χ0) is 24.0. The number of amides is 1. The number of hydrogen-bond acceptors (Lipinski definition) is 3. The second-order valence-electron chi connectivity index (χ2n) is 7.31. The second-order valence-corrected chi connectivity index (χ2v) is 7.31. The lowest BCUT2D eigenvalue weighted by Gasteiger charge is -2.29. The van der Waals surface area contributed by atoms with Gasteiger partial charge in [-0.2, -0.15) is 0 Å². The number of rotatable bonds is 10. The Morgan fingerprint density at radius 3 is 2.28 bits per heavy atom. The van der Waals surface area contributed by atoms with Crippen molar-refractivity contribution in [1.82, 2.24) is 10.2 Å². The Morgan fingerprint density at radius 1 is 1.25 bits per heavy atom. The Bertz CT molecular complexity index is 702. The summed E-state index contributed by atoms with van der Waals surface area (Å²) >= 11 is 0. The van der Waals surface area contributed by atoms with Crippen LogP contribution in [0.25, 0.3) is 0 Å². The minimum atomic E-state index is -0.178. The normalized spacial score (nSPS) is 14.3. The number of piperidine rings is 1. The number of nitrogens with one attached hydrogen (secondary N) is 1. The van der Waals surface area contributed by atoms with E-state index in [1.165, 1.54) is 30.5 Å². The van der Waals surface area contributed by atoms with Crippen molar-refractivity contribution in [2.24, 2.45) is 5.92 Å². The number of carbonyl (C=O) groups excluding carboxylic acids is 1. The molecule has 0 radical (unpaired) electrons. The van der Waals surface area contributed by atoms with Gasteiger partial charge in [-0.3, -0.25) is 9.69 Å². The first-order valence-corrected chi connectivity index (χ1v) is 11.0. The standard InChI is InChI=1S/C11H17NO.C10H17NO.C6H5F/c1-4-10(5-2)11(6-3)7-8-12-9-13;1-3-6-11-7-4-10(5-8-11)9-12-2;7-6-4-2-1-3-5-6/h4,6,9H,1,3,5,7-8H2,2H3,(H,12,13);1,10H,4-9H2,2H3;1-5H/b11-10-;;. The summed E-state index contributed by atoms with van der Waals surface area (Å²) in [7, 11) is 1.77. The van der Waals surface area contributed by atoms with E-state index >= 15 is 0 Å². The summed E-state index contributed by atoms with van der Waals surface area (Å²) in [5.41, 5.74) is 2.36. The van der Waals surface area contributed by atoms with Crippen LogP contribution in [0.4, 0.5) is 4.39 Å². The molecule has 1 aromatic carbocycles. The Kier molecular flexibility index (Phi) is 18.5. The molecule has 1 aliphatic rings. The van der Waals surface area contributed by atoms with E-state index in [-0.39, 0.29) is 5.82 Å². The number of methoxy groups -OCH3 is 1. The number of allylic oxidation sites excluding steroid dienone is 3. The average molecular weight is 443 g/mol. The Morgan fingerprint density at radius 2 is 1.88 bits per heavy atom. The lowest BCUT2D eigenvalue weighted by Crippen LogP contribution is -2.35. The van der Waals surface area contributed by atoms with Crippen LogP contribution < -0.4 is 5.32 Å². The summed E-state index contributed by atoms with van der Waals surface area (Å²) in [6.45, 7) is 14.2. The fourth-order valence-corrected chi connectivity index (χ4v) is 3.25. The van der Waals surface area contributed by atoms with Crippen LogP contribution in [0.3, 0.4) is 0 Å². The van der Waals surface area contributed by atoms with Gasteiger partial charge in [-0.25, -0.2) is 4.39 Å². The molecule has 0 bridgehead atoms. The molecule has 1 N–H and O–H groups in total. The highest BCUT2D eigenvalue weighted by molar-refractivity contribution is 5.46.